The summed E-state index contributed by atoms with van der Waals surface area (Å²) in [4.78, 5) is 4.42. The number of oxazole rings is 1. The molecule has 0 unspecified atom stereocenters. The number of fused-ring (bicyclic) bond motifs is 1. The minimum absolute atomic E-state index is 0.397. The van der Waals surface area contributed by atoms with Gasteiger partial charge in [0.15, 0.2) is 5.58 Å². The maximum atomic E-state index is 5.79. The summed E-state index contributed by atoms with van der Waals surface area (Å²) in [5.74, 6) is 3.00. The standard InChI is InChI=1S/C21H17N3O3/c1-2-7-19-17(6-1)22-21(27-19)18-10-11-20(24-23-18)26-16-5-3-4-15(12-16)25-13-14-8-9-14/h1-7,10-12,14H,8-9,13H2. The molecule has 1 aliphatic rings. The predicted octanol–water partition coefficient (Wildman–Crippen LogP) is 4.87. The highest BCUT2D eigenvalue weighted by Crippen LogP contribution is 2.31. The first-order valence-electron chi connectivity index (χ1n) is 8.94. The second kappa shape index (κ2) is 6.72. The molecular formula is C21H17N3O3. The van der Waals surface area contributed by atoms with Crippen LogP contribution in [-0.2, 0) is 0 Å². The van der Waals surface area contributed by atoms with Gasteiger partial charge in [0.25, 0.3) is 0 Å². The Morgan fingerprint density at radius 2 is 1.81 bits per heavy atom. The largest absolute Gasteiger partial charge is 0.493 e. The minimum atomic E-state index is 0.397. The fourth-order valence-electron chi connectivity index (χ4n) is 2.72. The van der Waals surface area contributed by atoms with Crippen LogP contribution in [0.2, 0.25) is 0 Å². The van der Waals surface area contributed by atoms with Gasteiger partial charge in [-0.05, 0) is 49.1 Å². The molecule has 1 saturated carbocycles. The molecule has 0 aliphatic heterocycles. The Kier molecular flexibility index (Phi) is 3.93. The maximum absolute atomic E-state index is 5.79. The summed E-state index contributed by atoms with van der Waals surface area (Å²) in [6, 6.07) is 18.7. The zero-order valence-corrected chi connectivity index (χ0v) is 14.5. The van der Waals surface area contributed by atoms with E-state index in [0.717, 1.165) is 23.5 Å². The highest BCUT2D eigenvalue weighted by molar-refractivity contribution is 5.75. The summed E-state index contributed by atoms with van der Waals surface area (Å²) in [5.41, 5.74) is 2.07. The van der Waals surface area contributed by atoms with Crippen molar-refractivity contribution in [2.75, 3.05) is 6.61 Å². The summed E-state index contributed by atoms with van der Waals surface area (Å²) in [6.07, 6.45) is 2.52. The Morgan fingerprint density at radius 3 is 2.63 bits per heavy atom. The highest BCUT2D eigenvalue weighted by Gasteiger charge is 2.21. The van der Waals surface area contributed by atoms with Crippen LogP contribution in [0.4, 0.5) is 0 Å². The number of para-hydroxylation sites is 2. The molecule has 27 heavy (non-hydrogen) atoms. The first-order valence-corrected chi connectivity index (χ1v) is 8.94. The monoisotopic (exact) mass is 359 g/mol. The quantitative estimate of drug-likeness (QED) is 0.489. The van der Waals surface area contributed by atoms with Crippen molar-refractivity contribution in [1.82, 2.24) is 15.2 Å². The fourth-order valence-corrected chi connectivity index (χ4v) is 2.72. The van der Waals surface area contributed by atoms with Gasteiger partial charge >= 0.3 is 0 Å². The van der Waals surface area contributed by atoms with Crippen molar-refractivity contribution in [3.05, 3.63) is 60.7 Å². The first-order chi connectivity index (χ1) is 13.3. The predicted molar refractivity (Wildman–Crippen MR) is 99.8 cm³/mol. The van der Waals surface area contributed by atoms with Crippen LogP contribution in [0.3, 0.4) is 0 Å². The van der Waals surface area contributed by atoms with Gasteiger partial charge in [-0.2, -0.15) is 0 Å². The number of nitrogens with zero attached hydrogens (tertiary/aromatic N) is 3. The lowest BCUT2D eigenvalue weighted by Crippen LogP contribution is -1.99. The Balaban J connectivity index is 1.30. The third kappa shape index (κ3) is 3.60. The van der Waals surface area contributed by atoms with Gasteiger partial charge in [-0.1, -0.05) is 18.2 Å². The fraction of sp³-hybridized carbons (Fsp3) is 0.190. The van der Waals surface area contributed by atoms with E-state index in [0.29, 0.717) is 29.1 Å². The van der Waals surface area contributed by atoms with E-state index >= 15 is 0 Å². The Hall–Kier alpha value is -3.41. The molecule has 2 aromatic carbocycles. The molecule has 0 saturated heterocycles. The van der Waals surface area contributed by atoms with E-state index in [1.807, 2.05) is 48.5 Å². The van der Waals surface area contributed by atoms with Crippen molar-refractivity contribution in [2.24, 2.45) is 5.92 Å². The normalized spacial score (nSPS) is 13.6. The molecule has 2 heterocycles. The van der Waals surface area contributed by atoms with Crippen molar-refractivity contribution < 1.29 is 13.9 Å². The molecule has 1 fully saturated rings. The number of ether oxygens (including phenoxy) is 2. The molecule has 6 nitrogen and oxygen atoms in total. The van der Waals surface area contributed by atoms with Gasteiger partial charge in [0.05, 0.1) is 6.61 Å². The van der Waals surface area contributed by atoms with Gasteiger partial charge in [-0.3, -0.25) is 0 Å². The first kappa shape index (κ1) is 15.8. The summed E-state index contributed by atoms with van der Waals surface area (Å²) in [5, 5.41) is 8.29. The second-order valence-electron chi connectivity index (χ2n) is 6.57. The van der Waals surface area contributed by atoms with E-state index in [-0.39, 0.29) is 0 Å². The van der Waals surface area contributed by atoms with Crippen LogP contribution in [0.5, 0.6) is 17.4 Å². The van der Waals surface area contributed by atoms with Crippen LogP contribution < -0.4 is 9.47 Å². The lowest BCUT2D eigenvalue weighted by atomic mass is 10.3. The number of rotatable bonds is 6. The van der Waals surface area contributed by atoms with Crippen LogP contribution >= 0.6 is 0 Å². The molecule has 6 heteroatoms. The molecule has 0 atom stereocenters. The minimum Gasteiger partial charge on any atom is -0.493 e. The highest BCUT2D eigenvalue weighted by atomic mass is 16.5. The van der Waals surface area contributed by atoms with Crippen molar-refractivity contribution in [3.8, 4) is 29.0 Å². The lowest BCUT2D eigenvalue weighted by Gasteiger charge is -2.08. The smallest absolute Gasteiger partial charge is 0.248 e. The van der Waals surface area contributed by atoms with Gasteiger partial charge in [-0.15, -0.1) is 10.2 Å². The SMILES string of the molecule is c1cc(OCC2CC2)cc(Oc2ccc(-c3nc4ccccc4o3)nn2)c1. The van der Waals surface area contributed by atoms with E-state index in [1.165, 1.54) is 12.8 Å². The lowest BCUT2D eigenvalue weighted by molar-refractivity contribution is 0.298. The molecule has 4 aromatic rings. The Labute approximate surface area is 155 Å². The van der Waals surface area contributed by atoms with E-state index in [2.05, 4.69) is 15.2 Å². The summed E-state index contributed by atoms with van der Waals surface area (Å²) in [6.45, 7) is 0.766. The molecule has 0 radical (unpaired) electrons. The van der Waals surface area contributed by atoms with Crippen molar-refractivity contribution in [1.29, 1.82) is 0 Å². The second-order valence-corrected chi connectivity index (χ2v) is 6.57. The zero-order valence-electron chi connectivity index (χ0n) is 14.5. The van der Waals surface area contributed by atoms with Gasteiger partial charge in [0.1, 0.15) is 22.7 Å². The van der Waals surface area contributed by atoms with Crippen LogP contribution in [-0.4, -0.2) is 21.8 Å². The zero-order chi connectivity index (χ0) is 18.1. The van der Waals surface area contributed by atoms with Crippen LogP contribution in [0.15, 0.2) is 65.1 Å². The van der Waals surface area contributed by atoms with E-state index in [4.69, 9.17) is 13.9 Å². The van der Waals surface area contributed by atoms with Crippen LogP contribution in [0, 0.1) is 5.92 Å². The van der Waals surface area contributed by atoms with Gasteiger partial charge < -0.3 is 13.9 Å². The number of aromatic nitrogens is 3. The van der Waals surface area contributed by atoms with Gasteiger partial charge in [0, 0.05) is 12.1 Å². The van der Waals surface area contributed by atoms with Crippen LogP contribution in [0.25, 0.3) is 22.7 Å². The molecule has 0 amide bonds. The van der Waals surface area contributed by atoms with Gasteiger partial charge in [-0.25, -0.2) is 4.98 Å². The molecule has 0 bridgehead atoms. The number of hydrogen-bond donors (Lipinski definition) is 0. The molecule has 5 rings (SSSR count). The van der Waals surface area contributed by atoms with Crippen molar-refractivity contribution in [2.45, 2.75) is 12.8 Å². The third-order valence-electron chi connectivity index (χ3n) is 4.36. The average Bonchev–Trinajstić information content (AvgIpc) is 3.44. The summed E-state index contributed by atoms with van der Waals surface area (Å²) >= 11 is 0. The van der Waals surface area contributed by atoms with E-state index < -0.39 is 0 Å². The Morgan fingerprint density at radius 1 is 0.926 bits per heavy atom. The number of benzene rings is 2. The maximum Gasteiger partial charge on any atom is 0.248 e. The molecule has 2 aromatic heterocycles. The molecule has 0 N–H and O–H groups in total. The molecule has 0 spiro atoms. The summed E-state index contributed by atoms with van der Waals surface area (Å²) < 4.78 is 17.3. The van der Waals surface area contributed by atoms with E-state index in [9.17, 15) is 0 Å². The van der Waals surface area contributed by atoms with Crippen molar-refractivity contribution in [3.63, 3.8) is 0 Å². The summed E-state index contributed by atoms with van der Waals surface area (Å²) in [7, 11) is 0. The van der Waals surface area contributed by atoms with Gasteiger partial charge in [0.2, 0.25) is 11.8 Å². The molecule has 134 valence electrons. The number of hydrogen-bond acceptors (Lipinski definition) is 6. The average molecular weight is 359 g/mol. The molecule has 1 aliphatic carbocycles. The topological polar surface area (TPSA) is 70.3 Å². The van der Waals surface area contributed by atoms with Crippen LogP contribution in [0.1, 0.15) is 12.8 Å². The Bertz CT molecular complexity index is 1040. The third-order valence-corrected chi connectivity index (χ3v) is 4.36. The molecular weight excluding hydrogens is 342 g/mol. The van der Waals surface area contributed by atoms with E-state index in [1.54, 1.807) is 12.1 Å². The van der Waals surface area contributed by atoms with Crippen molar-refractivity contribution >= 4 is 11.1 Å².